The van der Waals surface area contributed by atoms with Gasteiger partial charge in [-0.15, -0.1) is 0 Å². The number of hydrogen-bond donors (Lipinski definition) is 5. The first-order chi connectivity index (χ1) is 30.9. The van der Waals surface area contributed by atoms with Crippen LogP contribution in [-0.2, 0) is 56.4 Å². The van der Waals surface area contributed by atoms with Gasteiger partial charge in [-0.1, -0.05) is 127 Å². The van der Waals surface area contributed by atoms with Crippen molar-refractivity contribution in [1.29, 1.82) is 0 Å². The summed E-state index contributed by atoms with van der Waals surface area (Å²) >= 11 is 0. The van der Waals surface area contributed by atoms with Crippen LogP contribution >= 0.6 is 0 Å². The molecule has 0 heterocycles. The SMILES string of the molecule is CC(=O)N[C@@H](Cc1ccc(OCc2ccccc2)cc1)C(=O)N[C@](C)(Cc1ccc(OCc2ccccc2)cc1)C(=O)N[C@@H](CC(N)=O)C(=O)NCCCc1cccc2ccccc12. The molecule has 0 radical (unpaired) electrons. The van der Waals surface area contributed by atoms with Gasteiger partial charge in [-0.25, -0.2) is 0 Å². The Labute approximate surface area is 373 Å². The number of ether oxygens (including phenoxy) is 2. The summed E-state index contributed by atoms with van der Waals surface area (Å²) in [6.07, 6.45) is 0.888. The molecule has 0 aliphatic carbocycles. The van der Waals surface area contributed by atoms with Crippen LogP contribution < -0.4 is 36.5 Å². The maximum absolute atomic E-state index is 14.5. The third-order valence-corrected chi connectivity index (χ3v) is 10.8. The lowest BCUT2D eigenvalue weighted by molar-refractivity contribution is -0.137. The molecule has 0 unspecified atom stereocenters. The molecule has 0 spiro atoms. The first-order valence-electron chi connectivity index (χ1n) is 21.4. The second kappa shape index (κ2) is 22.6. The minimum Gasteiger partial charge on any atom is -0.489 e. The molecule has 12 nitrogen and oxygen atoms in total. The molecule has 0 fully saturated rings. The number of rotatable bonds is 22. The zero-order valence-corrected chi connectivity index (χ0v) is 36.2. The Kier molecular flexibility index (Phi) is 16.2. The van der Waals surface area contributed by atoms with Gasteiger partial charge in [0.1, 0.15) is 42.3 Å². The van der Waals surface area contributed by atoms with E-state index in [1.54, 1.807) is 36.4 Å². The quantitative estimate of drug-likeness (QED) is 0.0500. The molecule has 6 rings (SSSR count). The lowest BCUT2D eigenvalue weighted by Gasteiger charge is -2.33. The number of fused-ring (bicyclic) bond motifs is 1. The molecule has 12 heteroatoms. The fourth-order valence-electron chi connectivity index (χ4n) is 7.40. The molecular weight excluding hydrogens is 807 g/mol. The number of carbonyl (C=O) groups is 5. The Bertz CT molecular complexity index is 2490. The topological polar surface area (TPSA) is 178 Å². The van der Waals surface area contributed by atoms with Crippen LogP contribution in [0.2, 0.25) is 0 Å². The Morgan fingerprint density at radius 3 is 1.77 bits per heavy atom. The van der Waals surface area contributed by atoms with Crippen LogP contribution in [0.1, 0.15) is 54.5 Å². The second-order valence-corrected chi connectivity index (χ2v) is 16.0. The minimum absolute atomic E-state index is 0.0281. The fourth-order valence-corrected chi connectivity index (χ4v) is 7.40. The van der Waals surface area contributed by atoms with Crippen LogP contribution in [0.25, 0.3) is 10.8 Å². The normalized spacial score (nSPS) is 12.8. The van der Waals surface area contributed by atoms with Crippen LogP contribution in [0, 0.1) is 0 Å². The fraction of sp³-hybridized carbons (Fsp3) is 0.250. The van der Waals surface area contributed by atoms with Gasteiger partial charge < -0.3 is 36.5 Å². The van der Waals surface area contributed by atoms with Crippen LogP contribution in [-0.4, -0.2) is 53.7 Å². The average molecular weight is 862 g/mol. The molecule has 0 aromatic heterocycles. The van der Waals surface area contributed by atoms with Crippen molar-refractivity contribution in [3.63, 3.8) is 0 Å². The maximum atomic E-state index is 14.5. The van der Waals surface area contributed by atoms with Crippen LogP contribution in [0.15, 0.2) is 152 Å². The van der Waals surface area contributed by atoms with E-state index in [1.807, 2.05) is 103 Å². The standard InChI is InChI=1S/C52H55N5O7/c1-36(58)55-46(31-37-22-26-43(27-23-37)63-34-39-13-5-3-6-14-39)50(61)57-52(2,33-38-24-28-44(29-25-38)64-35-40-15-7-4-8-16-40)51(62)56-47(32-48(53)59)49(60)54-30-12-20-42-19-11-18-41-17-9-10-21-45(41)42/h3-11,13-19,21-29,46-47H,12,20,30-35H2,1-2H3,(H2,53,59)(H,54,60)(H,55,58)(H,56,62)(H,57,61)/t46-,47-,52+/m0/s1. The van der Waals surface area contributed by atoms with Crippen molar-refractivity contribution in [3.8, 4) is 11.5 Å². The number of nitrogens with one attached hydrogen (secondary N) is 4. The van der Waals surface area contributed by atoms with Crippen molar-refractivity contribution < 1.29 is 33.4 Å². The summed E-state index contributed by atoms with van der Waals surface area (Å²) in [4.78, 5) is 67.1. The Morgan fingerprint density at radius 2 is 1.17 bits per heavy atom. The molecule has 0 aliphatic heterocycles. The molecule has 330 valence electrons. The minimum atomic E-state index is -1.69. The second-order valence-electron chi connectivity index (χ2n) is 16.0. The van der Waals surface area contributed by atoms with Gasteiger partial charge in [0.05, 0.1) is 6.42 Å². The van der Waals surface area contributed by atoms with E-state index in [0.29, 0.717) is 43.1 Å². The summed E-state index contributed by atoms with van der Waals surface area (Å²) in [5, 5.41) is 13.4. The summed E-state index contributed by atoms with van der Waals surface area (Å²) < 4.78 is 11.9. The Morgan fingerprint density at radius 1 is 0.609 bits per heavy atom. The molecule has 5 amide bonds. The smallest absolute Gasteiger partial charge is 0.246 e. The van der Waals surface area contributed by atoms with E-state index < -0.39 is 53.6 Å². The van der Waals surface area contributed by atoms with E-state index in [2.05, 4.69) is 33.4 Å². The highest BCUT2D eigenvalue weighted by Gasteiger charge is 2.39. The van der Waals surface area contributed by atoms with Crippen molar-refractivity contribution in [1.82, 2.24) is 21.3 Å². The predicted octanol–water partition coefficient (Wildman–Crippen LogP) is 6.27. The zero-order valence-electron chi connectivity index (χ0n) is 36.2. The molecule has 6 aromatic carbocycles. The zero-order chi connectivity index (χ0) is 45.3. The van der Waals surface area contributed by atoms with Gasteiger partial charge in [-0.2, -0.15) is 0 Å². The van der Waals surface area contributed by atoms with Crippen LogP contribution in [0.5, 0.6) is 11.5 Å². The first kappa shape index (κ1) is 46.0. The van der Waals surface area contributed by atoms with Gasteiger partial charge in [0.15, 0.2) is 0 Å². The summed E-state index contributed by atoms with van der Waals surface area (Å²) in [5.74, 6) is -1.97. The van der Waals surface area contributed by atoms with E-state index in [-0.39, 0.29) is 19.4 Å². The van der Waals surface area contributed by atoms with Crippen LogP contribution in [0.4, 0.5) is 0 Å². The van der Waals surface area contributed by atoms with Crippen molar-refractivity contribution in [2.45, 2.75) is 76.8 Å². The first-order valence-corrected chi connectivity index (χ1v) is 21.4. The van der Waals surface area contributed by atoms with E-state index in [0.717, 1.165) is 33.0 Å². The number of nitrogens with two attached hydrogens (primary N) is 1. The third-order valence-electron chi connectivity index (χ3n) is 10.8. The molecule has 0 saturated carbocycles. The average Bonchev–Trinajstić information content (AvgIpc) is 3.29. The monoisotopic (exact) mass is 861 g/mol. The molecule has 6 N–H and O–H groups in total. The number of primary amides is 1. The molecule has 64 heavy (non-hydrogen) atoms. The van der Waals surface area contributed by atoms with Gasteiger partial charge >= 0.3 is 0 Å². The Hall–Kier alpha value is -7.47. The summed E-state index contributed by atoms with van der Waals surface area (Å²) in [6, 6.07) is 45.6. The predicted molar refractivity (Wildman–Crippen MR) is 247 cm³/mol. The summed E-state index contributed by atoms with van der Waals surface area (Å²) in [6.45, 7) is 3.86. The number of benzene rings is 6. The Balaban J connectivity index is 1.17. The molecular formula is C52H55N5O7. The number of aryl methyl sites for hydroxylation is 1. The highest BCUT2D eigenvalue weighted by Crippen LogP contribution is 2.22. The number of hydrogen-bond acceptors (Lipinski definition) is 7. The number of amides is 5. The van der Waals surface area contributed by atoms with Crippen molar-refractivity contribution in [2.24, 2.45) is 5.73 Å². The van der Waals surface area contributed by atoms with Gasteiger partial charge in [0.25, 0.3) is 0 Å². The van der Waals surface area contributed by atoms with E-state index in [9.17, 15) is 24.0 Å². The van der Waals surface area contributed by atoms with E-state index in [4.69, 9.17) is 15.2 Å². The molecule has 0 saturated heterocycles. The van der Waals surface area contributed by atoms with E-state index >= 15 is 0 Å². The van der Waals surface area contributed by atoms with Gasteiger partial charge in [0, 0.05) is 26.3 Å². The summed E-state index contributed by atoms with van der Waals surface area (Å²) in [5.41, 5.74) is 8.45. The number of carbonyl (C=O) groups excluding carboxylic acids is 5. The summed E-state index contributed by atoms with van der Waals surface area (Å²) in [7, 11) is 0. The molecule has 3 atom stereocenters. The van der Waals surface area contributed by atoms with Gasteiger partial charge in [-0.3, -0.25) is 24.0 Å². The van der Waals surface area contributed by atoms with Crippen molar-refractivity contribution in [2.75, 3.05) is 6.54 Å². The largest absolute Gasteiger partial charge is 0.489 e. The molecule has 0 bridgehead atoms. The molecule has 6 aromatic rings. The van der Waals surface area contributed by atoms with Crippen molar-refractivity contribution >= 4 is 40.3 Å². The van der Waals surface area contributed by atoms with Crippen LogP contribution in [0.3, 0.4) is 0 Å². The van der Waals surface area contributed by atoms with Gasteiger partial charge in [0.2, 0.25) is 29.5 Å². The van der Waals surface area contributed by atoms with Crippen molar-refractivity contribution in [3.05, 3.63) is 179 Å². The highest BCUT2D eigenvalue weighted by molar-refractivity contribution is 5.98. The highest BCUT2D eigenvalue weighted by atomic mass is 16.5. The molecule has 0 aliphatic rings. The lowest BCUT2D eigenvalue weighted by atomic mass is 9.90. The maximum Gasteiger partial charge on any atom is 0.246 e. The lowest BCUT2D eigenvalue weighted by Crippen LogP contribution is -2.64. The van der Waals surface area contributed by atoms with Gasteiger partial charge in [-0.05, 0) is 82.6 Å². The van der Waals surface area contributed by atoms with E-state index in [1.165, 1.54) is 13.8 Å². The third kappa shape index (κ3) is 13.8.